The van der Waals surface area contributed by atoms with Crippen LogP contribution in [-0.2, 0) is 20.1 Å². The van der Waals surface area contributed by atoms with Crippen LogP contribution in [0.15, 0.2) is 46.2 Å². The van der Waals surface area contributed by atoms with Crippen molar-refractivity contribution in [2.45, 2.75) is 19.5 Å². The molecule has 140 valence electrons. The van der Waals surface area contributed by atoms with Gasteiger partial charge in [-0.1, -0.05) is 18.2 Å². The maximum atomic E-state index is 13.0. The molecule has 0 amide bonds. The number of aryl methyl sites for hydroxylation is 2. The van der Waals surface area contributed by atoms with Crippen LogP contribution in [0.4, 0.5) is 0 Å². The van der Waals surface area contributed by atoms with Crippen molar-refractivity contribution in [2.75, 3.05) is 0 Å². The van der Waals surface area contributed by atoms with E-state index in [0.29, 0.717) is 34.2 Å². The molecular weight excluding hydrogens is 424 g/mol. The molecule has 0 saturated carbocycles. The molecule has 0 spiro atoms. The number of rotatable bonds is 5. The lowest BCUT2D eigenvalue weighted by atomic mass is 10.1. The summed E-state index contributed by atoms with van der Waals surface area (Å²) in [6.07, 6.45) is 3.47. The molecule has 4 aromatic rings. The fourth-order valence-corrected chi connectivity index (χ4v) is 3.90. The normalized spacial score (nSPS) is 11.2. The van der Waals surface area contributed by atoms with Crippen LogP contribution in [0.3, 0.4) is 0 Å². The lowest BCUT2D eigenvalue weighted by Gasteiger charge is -2.04. The van der Waals surface area contributed by atoms with Gasteiger partial charge in [-0.2, -0.15) is 10.4 Å². The van der Waals surface area contributed by atoms with Crippen molar-refractivity contribution in [2.24, 2.45) is 7.05 Å². The van der Waals surface area contributed by atoms with Crippen molar-refractivity contribution >= 4 is 43.6 Å². The molecule has 9 heteroatoms. The van der Waals surface area contributed by atoms with Crippen LogP contribution in [0.1, 0.15) is 16.8 Å². The van der Waals surface area contributed by atoms with Crippen LogP contribution < -0.4 is 5.56 Å². The van der Waals surface area contributed by atoms with E-state index in [9.17, 15) is 9.59 Å². The molecule has 0 bridgehead atoms. The minimum atomic E-state index is -0.327. The molecule has 8 nitrogen and oxygen atoms in total. The topological polar surface area (TPSA) is 98.5 Å². The van der Waals surface area contributed by atoms with Gasteiger partial charge < -0.3 is 4.57 Å². The fourth-order valence-electron chi connectivity index (χ4n) is 3.31. The first-order valence-electron chi connectivity index (χ1n) is 8.57. The Labute approximate surface area is 167 Å². The third kappa shape index (κ3) is 2.92. The van der Waals surface area contributed by atoms with Gasteiger partial charge in [0.2, 0.25) is 0 Å². The first-order chi connectivity index (χ1) is 13.5. The molecule has 0 fully saturated rings. The summed E-state index contributed by atoms with van der Waals surface area (Å²) >= 11 is 3.27. The number of para-hydroxylation sites is 1. The minimum Gasteiger partial charge on any atom is -0.346 e. The van der Waals surface area contributed by atoms with Crippen molar-refractivity contribution in [1.82, 2.24) is 23.9 Å². The van der Waals surface area contributed by atoms with Gasteiger partial charge in [0.05, 0.1) is 19.0 Å². The molecule has 3 heterocycles. The number of nitrogens with zero attached hydrogens (tertiary/aromatic N) is 6. The smallest absolute Gasteiger partial charge is 0.266 e. The molecule has 4 rings (SSSR count). The van der Waals surface area contributed by atoms with Gasteiger partial charge in [-0.15, -0.1) is 0 Å². The van der Waals surface area contributed by atoms with Crippen molar-refractivity contribution in [3.63, 3.8) is 0 Å². The zero-order chi connectivity index (χ0) is 19.8. The van der Waals surface area contributed by atoms with E-state index in [2.05, 4.69) is 32.1 Å². The lowest BCUT2D eigenvalue weighted by Crippen LogP contribution is -2.24. The van der Waals surface area contributed by atoms with Crippen LogP contribution in [0.25, 0.3) is 21.9 Å². The first kappa shape index (κ1) is 18.1. The highest BCUT2D eigenvalue weighted by atomic mass is 79.9. The number of nitriles is 1. The molecule has 1 aromatic carbocycles. The van der Waals surface area contributed by atoms with Crippen molar-refractivity contribution < 1.29 is 4.79 Å². The average molecular weight is 439 g/mol. The summed E-state index contributed by atoms with van der Waals surface area (Å²) in [7, 11) is 1.70. The number of Topliss-reactive ketones (excluding diaryl/α,β-unsaturated/α-hetero) is 1. The van der Waals surface area contributed by atoms with E-state index in [1.165, 1.54) is 15.6 Å². The van der Waals surface area contributed by atoms with Crippen LogP contribution in [0.2, 0.25) is 0 Å². The van der Waals surface area contributed by atoms with E-state index in [-0.39, 0.29) is 17.9 Å². The van der Waals surface area contributed by atoms with E-state index in [1.807, 2.05) is 28.8 Å². The number of hydrogen-bond donors (Lipinski definition) is 0. The standard InChI is InChI=1S/C19H15BrN6O2/c1-24-18-16(17(20)23-24)19(28)26(11-22-18)10-15(27)13-9-25(8-4-7-21)14-6-3-2-5-12(13)14/h2-3,5-6,9,11H,4,8,10H2,1H3. The third-order valence-corrected chi connectivity index (χ3v) is 5.19. The Hall–Kier alpha value is -3.25. The van der Waals surface area contributed by atoms with Gasteiger partial charge >= 0.3 is 0 Å². The largest absolute Gasteiger partial charge is 0.346 e. The van der Waals surface area contributed by atoms with Gasteiger partial charge in [-0.3, -0.25) is 14.2 Å². The maximum absolute atomic E-state index is 13.0. The molecule has 0 aliphatic heterocycles. The first-order valence-corrected chi connectivity index (χ1v) is 9.36. The van der Waals surface area contributed by atoms with E-state index < -0.39 is 0 Å². The van der Waals surface area contributed by atoms with Gasteiger partial charge in [0.1, 0.15) is 16.3 Å². The van der Waals surface area contributed by atoms with Crippen LogP contribution in [0, 0.1) is 11.3 Å². The van der Waals surface area contributed by atoms with E-state index >= 15 is 0 Å². The Bertz CT molecular complexity index is 1320. The lowest BCUT2D eigenvalue weighted by molar-refractivity contribution is 0.0972. The number of benzene rings is 1. The van der Waals surface area contributed by atoms with E-state index in [0.717, 1.165) is 10.9 Å². The second-order valence-corrected chi connectivity index (χ2v) is 7.13. The highest BCUT2D eigenvalue weighted by Crippen LogP contribution is 2.23. The van der Waals surface area contributed by atoms with Crippen molar-refractivity contribution in [3.05, 3.63) is 57.3 Å². The Kier molecular flexibility index (Phi) is 4.57. The minimum absolute atomic E-state index is 0.130. The zero-order valence-corrected chi connectivity index (χ0v) is 16.5. The Morgan fingerprint density at radius 1 is 1.29 bits per heavy atom. The van der Waals surface area contributed by atoms with E-state index in [1.54, 1.807) is 13.2 Å². The number of halogens is 1. The molecule has 0 radical (unpaired) electrons. The summed E-state index contributed by atoms with van der Waals surface area (Å²) in [5.41, 5.74) is 1.53. The summed E-state index contributed by atoms with van der Waals surface area (Å²) < 4.78 is 5.10. The Morgan fingerprint density at radius 3 is 2.86 bits per heavy atom. The maximum Gasteiger partial charge on any atom is 0.266 e. The van der Waals surface area contributed by atoms with Gasteiger partial charge in [0.15, 0.2) is 11.4 Å². The highest BCUT2D eigenvalue weighted by Gasteiger charge is 2.18. The fraction of sp³-hybridized carbons (Fsp3) is 0.211. The van der Waals surface area contributed by atoms with Crippen LogP contribution in [0.5, 0.6) is 0 Å². The second-order valence-electron chi connectivity index (χ2n) is 6.38. The van der Waals surface area contributed by atoms with Gasteiger partial charge in [-0.05, 0) is 22.0 Å². The van der Waals surface area contributed by atoms with E-state index in [4.69, 9.17) is 5.26 Å². The van der Waals surface area contributed by atoms with Crippen LogP contribution >= 0.6 is 15.9 Å². The summed E-state index contributed by atoms with van der Waals surface area (Å²) in [6.45, 7) is 0.371. The molecule has 0 N–H and O–H groups in total. The summed E-state index contributed by atoms with van der Waals surface area (Å²) in [5.74, 6) is -0.199. The number of fused-ring (bicyclic) bond motifs is 2. The number of aromatic nitrogens is 5. The molecule has 28 heavy (non-hydrogen) atoms. The third-order valence-electron chi connectivity index (χ3n) is 4.64. The zero-order valence-electron chi connectivity index (χ0n) is 15.0. The van der Waals surface area contributed by atoms with Crippen molar-refractivity contribution in [3.8, 4) is 6.07 Å². The quantitative estimate of drug-likeness (QED) is 0.446. The molecule has 0 unspecified atom stereocenters. The predicted octanol–water partition coefficient (Wildman–Crippen LogP) is 2.64. The second kappa shape index (κ2) is 7.05. The van der Waals surface area contributed by atoms with Gasteiger partial charge in [-0.25, -0.2) is 9.67 Å². The Balaban J connectivity index is 1.74. The van der Waals surface area contributed by atoms with Gasteiger partial charge in [0.25, 0.3) is 5.56 Å². The Morgan fingerprint density at radius 2 is 2.07 bits per heavy atom. The molecule has 3 aromatic heterocycles. The summed E-state index contributed by atoms with van der Waals surface area (Å²) in [5, 5.41) is 14.2. The number of hydrogen-bond acceptors (Lipinski definition) is 5. The summed E-state index contributed by atoms with van der Waals surface area (Å²) in [4.78, 5) is 30.0. The SMILES string of the molecule is Cn1nc(Br)c2c(=O)n(CC(=O)c3cn(CCC#N)c4ccccc34)cnc21. The molecule has 0 saturated heterocycles. The number of carbonyl (C=O) groups excluding carboxylic acids is 1. The molecule has 0 aliphatic rings. The number of carbonyl (C=O) groups is 1. The molecule has 0 aliphatic carbocycles. The summed E-state index contributed by atoms with van der Waals surface area (Å²) in [6, 6.07) is 9.65. The molecular formula is C19H15BrN6O2. The number of ketones is 1. The molecule has 0 atom stereocenters. The van der Waals surface area contributed by atoms with Crippen molar-refractivity contribution in [1.29, 1.82) is 5.26 Å². The van der Waals surface area contributed by atoms with Crippen LogP contribution in [-0.4, -0.2) is 29.7 Å². The monoisotopic (exact) mass is 438 g/mol. The predicted molar refractivity (Wildman–Crippen MR) is 107 cm³/mol. The van der Waals surface area contributed by atoms with Gasteiger partial charge in [0, 0.05) is 36.3 Å². The average Bonchev–Trinajstić information content (AvgIpc) is 3.20. The highest BCUT2D eigenvalue weighted by molar-refractivity contribution is 9.10.